The first-order chi connectivity index (χ1) is 10.5. The lowest BCUT2D eigenvalue weighted by Gasteiger charge is -2.07. The molecule has 2 heteroatoms. The van der Waals surface area contributed by atoms with E-state index in [4.69, 9.17) is 0 Å². The van der Waals surface area contributed by atoms with E-state index in [1.807, 2.05) is 31.2 Å². The van der Waals surface area contributed by atoms with Gasteiger partial charge in [-0.15, -0.1) is 0 Å². The van der Waals surface area contributed by atoms with Gasteiger partial charge in [0.15, 0.2) is 5.78 Å². The molecule has 2 rings (SSSR count). The number of aryl methyl sites for hydroxylation is 2. The lowest BCUT2D eigenvalue weighted by molar-refractivity contribution is 0.104. The van der Waals surface area contributed by atoms with Gasteiger partial charge in [-0.05, 0) is 42.5 Å². The predicted octanol–water partition coefficient (Wildman–Crippen LogP) is 5.24. The van der Waals surface area contributed by atoms with Crippen LogP contribution in [0.4, 0.5) is 5.69 Å². The average Bonchev–Trinajstić information content (AvgIpc) is 2.50. The Hall–Kier alpha value is -2.35. The Labute approximate surface area is 132 Å². The second-order valence-corrected chi connectivity index (χ2v) is 5.94. The summed E-state index contributed by atoms with van der Waals surface area (Å²) in [6.45, 7) is 8.38. The van der Waals surface area contributed by atoms with Gasteiger partial charge in [-0.2, -0.15) is 0 Å². The second-order valence-electron chi connectivity index (χ2n) is 5.94. The van der Waals surface area contributed by atoms with Crippen molar-refractivity contribution in [1.29, 1.82) is 0 Å². The number of anilines is 1. The van der Waals surface area contributed by atoms with Crippen LogP contribution in [0.3, 0.4) is 0 Å². The summed E-state index contributed by atoms with van der Waals surface area (Å²) in [5.74, 6) is 0.485. The van der Waals surface area contributed by atoms with Gasteiger partial charge in [0.25, 0.3) is 0 Å². The van der Waals surface area contributed by atoms with Crippen LogP contribution in [0, 0.1) is 13.8 Å². The van der Waals surface area contributed by atoms with Crippen molar-refractivity contribution >= 4 is 11.5 Å². The molecular formula is C20H23NO. The fourth-order valence-electron chi connectivity index (χ4n) is 2.23. The summed E-state index contributed by atoms with van der Waals surface area (Å²) in [4.78, 5) is 12.1. The zero-order valence-electron chi connectivity index (χ0n) is 13.7. The standard InChI is InChI=1S/C20H23NO/c1-14(2)17-7-9-18(10-8-17)20(22)11-12-21-19-13-15(3)5-6-16(19)4/h5-14,21H,1-4H3/b12-11+. The van der Waals surface area contributed by atoms with Gasteiger partial charge in [0.1, 0.15) is 0 Å². The molecule has 0 aromatic heterocycles. The van der Waals surface area contributed by atoms with Gasteiger partial charge in [-0.25, -0.2) is 0 Å². The fourth-order valence-corrected chi connectivity index (χ4v) is 2.23. The number of carbonyl (C=O) groups is 1. The maximum Gasteiger partial charge on any atom is 0.187 e. The van der Waals surface area contributed by atoms with Crippen LogP contribution < -0.4 is 5.32 Å². The summed E-state index contributed by atoms with van der Waals surface area (Å²) in [6.07, 6.45) is 3.28. The first kappa shape index (κ1) is 16.0. The van der Waals surface area contributed by atoms with Crippen molar-refractivity contribution in [2.45, 2.75) is 33.6 Å². The van der Waals surface area contributed by atoms with E-state index in [-0.39, 0.29) is 5.78 Å². The zero-order valence-corrected chi connectivity index (χ0v) is 13.7. The molecule has 0 saturated carbocycles. The normalized spacial score (nSPS) is 11.1. The first-order valence-corrected chi connectivity index (χ1v) is 7.62. The van der Waals surface area contributed by atoms with Gasteiger partial charge < -0.3 is 5.32 Å². The summed E-state index contributed by atoms with van der Waals surface area (Å²) < 4.78 is 0. The van der Waals surface area contributed by atoms with Crippen LogP contribution in [0.2, 0.25) is 0 Å². The molecule has 0 bridgehead atoms. The SMILES string of the molecule is Cc1ccc(C)c(N/C=C/C(=O)c2ccc(C(C)C)cc2)c1. The van der Waals surface area contributed by atoms with Gasteiger partial charge in [-0.1, -0.05) is 50.2 Å². The fraction of sp³-hybridized carbons (Fsp3) is 0.250. The van der Waals surface area contributed by atoms with Crippen LogP contribution in [0.1, 0.15) is 46.8 Å². The quantitative estimate of drug-likeness (QED) is 0.603. The monoisotopic (exact) mass is 293 g/mol. The van der Waals surface area contributed by atoms with Crippen LogP contribution >= 0.6 is 0 Å². The Bertz CT molecular complexity index is 681. The van der Waals surface area contributed by atoms with E-state index in [0.29, 0.717) is 11.5 Å². The average molecular weight is 293 g/mol. The highest BCUT2D eigenvalue weighted by Gasteiger charge is 2.03. The molecule has 0 aliphatic rings. The summed E-state index contributed by atoms with van der Waals surface area (Å²) in [5, 5.41) is 3.18. The molecule has 2 aromatic rings. The zero-order chi connectivity index (χ0) is 16.1. The van der Waals surface area contributed by atoms with Crippen molar-refractivity contribution < 1.29 is 4.79 Å². The number of benzene rings is 2. The van der Waals surface area contributed by atoms with Crippen LogP contribution in [-0.4, -0.2) is 5.78 Å². The molecule has 0 aliphatic heterocycles. The molecule has 22 heavy (non-hydrogen) atoms. The summed E-state index contributed by atoms with van der Waals surface area (Å²) in [6, 6.07) is 14.0. The molecule has 2 aromatic carbocycles. The Kier molecular flexibility index (Phi) is 5.16. The number of nitrogens with one attached hydrogen (secondary N) is 1. The Morgan fingerprint density at radius 3 is 2.36 bits per heavy atom. The largest absolute Gasteiger partial charge is 0.361 e. The molecule has 0 saturated heterocycles. The van der Waals surface area contributed by atoms with Crippen molar-refractivity contribution in [2.24, 2.45) is 0 Å². The number of ketones is 1. The molecule has 114 valence electrons. The Balaban J connectivity index is 2.03. The molecule has 0 atom stereocenters. The van der Waals surface area contributed by atoms with E-state index in [9.17, 15) is 4.79 Å². The minimum absolute atomic E-state index is 0.00751. The van der Waals surface area contributed by atoms with Crippen LogP contribution in [0.5, 0.6) is 0 Å². The van der Waals surface area contributed by atoms with E-state index in [1.165, 1.54) is 11.1 Å². The molecule has 0 radical (unpaired) electrons. The number of rotatable bonds is 5. The molecule has 0 amide bonds. The first-order valence-electron chi connectivity index (χ1n) is 7.62. The lowest BCUT2D eigenvalue weighted by atomic mass is 10.0. The third kappa shape index (κ3) is 4.08. The number of carbonyl (C=O) groups excluding carboxylic acids is 1. The minimum Gasteiger partial charge on any atom is -0.361 e. The van der Waals surface area contributed by atoms with Gasteiger partial charge in [0.05, 0.1) is 0 Å². The third-order valence-corrected chi connectivity index (χ3v) is 3.73. The van der Waals surface area contributed by atoms with Gasteiger partial charge >= 0.3 is 0 Å². The Morgan fingerprint density at radius 1 is 1.05 bits per heavy atom. The predicted molar refractivity (Wildman–Crippen MR) is 93.5 cm³/mol. The molecule has 1 N–H and O–H groups in total. The molecule has 0 fully saturated rings. The molecular weight excluding hydrogens is 270 g/mol. The summed E-state index contributed by atoms with van der Waals surface area (Å²) >= 11 is 0. The second kappa shape index (κ2) is 7.08. The summed E-state index contributed by atoms with van der Waals surface area (Å²) in [7, 11) is 0. The van der Waals surface area contributed by atoms with E-state index in [0.717, 1.165) is 11.3 Å². The van der Waals surface area contributed by atoms with Crippen molar-refractivity contribution in [1.82, 2.24) is 0 Å². The minimum atomic E-state index is 0.00751. The van der Waals surface area contributed by atoms with Gasteiger partial charge in [0.2, 0.25) is 0 Å². The van der Waals surface area contributed by atoms with Crippen molar-refractivity contribution in [3.63, 3.8) is 0 Å². The maximum atomic E-state index is 12.1. The number of hydrogen-bond donors (Lipinski definition) is 1. The topological polar surface area (TPSA) is 29.1 Å². The van der Waals surface area contributed by atoms with Crippen molar-refractivity contribution in [3.05, 3.63) is 77.0 Å². The van der Waals surface area contributed by atoms with Gasteiger partial charge in [0, 0.05) is 23.5 Å². The van der Waals surface area contributed by atoms with E-state index in [1.54, 1.807) is 12.3 Å². The number of allylic oxidation sites excluding steroid dienone is 1. The van der Waals surface area contributed by atoms with E-state index in [2.05, 4.69) is 44.3 Å². The highest BCUT2D eigenvalue weighted by atomic mass is 16.1. The third-order valence-electron chi connectivity index (χ3n) is 3.73. The lowest BCUT2D eigenvalue weighted by Crippen LogP contribution is -1.98. The highest BCUT2D eigenvalue weighted by molar-refractivity contribution is 6.04. The van der Waals surface area contributed by atoms with Crippen LogP contribution in [0.15, 0.2) is 54.7 Å². The highest BCUT2D eigenvalue weighted by Crippen LogP contribution is 2.17. The van der Waals surface area contributed by atoms with Crippen molar-refractivity contribution in [3.8, 4) is 0 Å². The van der Waals surface area contributed by atoms with E-state index >= 15 is 0 Å². The smallest absolute Gasteiger partial charge is 0.187 e. The molecule has 0 heterocycles. The van der Waals surface area contributed by atoms with Crippen LogP contribution in [0.25, 0.3) is 0 Å². The van der Waals surface area contributed by atoms with Crippen molar-refractivity contribution in [2.75, 3.05) is 5.32 Å². The molecule has 2 nitrogen and oxygen atoms in total. The molecule has 0 spiro atoms. The van der Waals surface area contributed by atoms with Crippen LogP contribution in [-0.2, 0) is 0 Å². The molecule has 0 aliphatic carbocycles. The maximum absolute atomic E-state index is 12.1. The van der Waals surface area contributed by atoms with Gasteiger partial charge in [-0.3, -0.25) is 4.79 Å². The van der Waals surface area contributed by atoms with E-state index < -0.39 is 0 Å². The number of hydrogen-bond acceptors (Lipinski definition) is 2. The summed E-state index contributed by atoms with van der Waals surface area (Å²) in [5.41, 5.74) is 5.33. The Morgan fingerprint density at radius 2 is 1.73 bits per heavy atom. The molecule has 0 unspecified atom stereocenters.